The van der Waals surface area contributed by atoms with Crippen LogP contribution in [-0.2, 0) is 14.5 Å². The molecule has 0 radical (unpaired) electrons. The number of carbonyl (C=O) groups is 2. The second kappa shape index (κ2) is 7.05. The van der Waals surface area contributed by atoms with Gasteiger partial charge in [0.15, 0.2) is 11.5 Å². The van der Waals surface area contributed by atoms with Crippen LogP contribution < -0.4 is 14.9 Å². The highest BCUT2D eigenvalue weighted by Crippen LogP contribution is 2.42. The van der Waals surface area contributed by atoms with Gasteiger partial charge < -0.3 is 10.1 Å². The number of ether oxygens (including phenoxy) is 1. The molecule has 6 nitrogen and oxygen atoms in total. The van der Waals surface area contributed by atoms with Crippen molar-refractivity contribution in [1.29, 1.82) is 0 Å². The summed E-state index contributed by atoms with van der Waals surface area (Å²) < 4.78 is 7.14. The summed E-state index contributed by atoms with van der Waals surface area (Å²) in [6.07, 6.45) is 0. The molecule has 2 aromatic carbocycles. The normalized spacial score (nSPS) is 15.4. The molecule has 8 heteroatoms. The Kier molecular flexibility index (Phi) is 5.01. The zero-order chi connectivity index (χ0) is 18.1. The van der Waals surface area contributed by atoms with Gasteiger partial charge in [0.1, 0.15) is 5.75 Å². The van der Waals surface area contributed by atoms with Crippen molar-refractivity contribution in [2.75, 3.05) is 5.32 Å². The van der Waals surface area contributed by atoms with Crippen LogP contribution in [0.1, 0.15) is 25.3 Å². The first-order chi connectivity index (χ1) is 11.8. The first-order valence-electron chi connectivity index (χ1n) is 7.32. The lowest BCUT2D eigenvalue weighted by Crippen LogP contribution is -2.08. The average molecular weight is 471 g/mol. The summed E-state index contributed by atoms with van der Waals surface area (Å²) >= 11 is 6.81. The predicted octanol–water partition coefficient (Wildman–Crippen LogP) is 4.92. The van der Waals surface area contributed by atoms with Gasteiger partial charge >= 0.3 is 5.97 Å². The Bertz CT molecular complexity index is 845. The van der Waals surface area contributed by atoms with E-state index in [1.165, 1.54) is 6.92 Å². The SMILES string of the molecule is CC(=O)OOc1cc(Br)c(Oc2ccc3c(c2)C(C)C(=O)N3)c(Br)c1. The maximum absolute atomic E-state index is 11.7. The Hall–Kier alpha value is -2.06. The molecule has 1 atom stereocenters. The number of benzene rings is 2. The first-order valence-corrected chi connectivity index (χ1v) is 8.90. The van der Waals surface area contributed by atoms with Crippen molar-refractivity contribution in [3.05, 3.63) is 44.8 Å². The quantitative estimate of drug-likeness (QED) is 0.507. The summed E-state index contributed by atoms with van der Waals surface area (Å²) in [6, 6.07) is 8.65. The molecule has 0 fully saturated rings. The molecule has 1 aliphatic heterocycles. The van der Waals surface area contributed by atoms with Gasteiger partial charge in [0.2, 0.25) is 5.91 Å². The van der Waals surface area contributed by atoms with Crippen LogP contribution in [0.2, 0.25) is 0 Å². The van der Waals surface area contributed by atoms with E-state index in [0.29, 0.717) is 26.2 Å². The summed E-state index contributed by atoms with van der Waals surface area (Å²) in [6.45, 7) is 3.09. The zero-order valence-electron chi connectivity index (χ0n) is 13.3. The highest BCUT2D eigenvalue weighted by atomic mass is 79.9. The monoisotopic (exact) mass is 469 g/mol. The molecule has 0 spiro atoms. The number of hydrogen-bond acceptors (Lipinski definition) is 5. The number of anilines is 1. The topological polar surface area (TPSA) is 73.9 Å². The number of hydrogen-bond donors (Lipinski definition) is 1. The summed E-state index contributed by atoms with van der Waals surface area (Å²) in [5.74, 6) is 0.658. The van der Waals surface area contributed by atoms with Crippen molar-refractivity contribution < 1.29 is 24.1 Å². The molecule has 0 saturated heterocycles. The highest BCUT2D eigenvalue weighted by Gasteiger charge is 2.27. The van der Waals surface area contributed by atoms with E-state index in [1.54, 1.807) is 18.2 Å². The standard InChI is InChI=1S/C17H13Br2NO5/c1-8-12-5-10(3-4-15(12)20-17(8)22)23-16-13(18)6-11(7-14(16)19)25-24-9(2)21/h3-8H,1-2H3,(H,20,22). The van der Waals surface area contributed by atoms with Crippen molar-refractivity contribution in [3.8, 4) is 17.2 Å². The van der Waals surface area contributed by atoms with Crippen molar-refractivity contribution in [3.63, 3.8) is 0 Å². The minimum atomic E-state index is -0.553. The van der Waals surface area contributed by atoms with E-state index in [0.717, 1.165) is 11.3 Å². The van der Waals surface area contributed by atoms with Crippen molar-refractivity contribution in [2.24, 2.45) is 0 Å². The van der Waals surface area contributed by atoms with Gasteiger partial charge in [0, 0.05) is 24.7 Å². The van der Waals surface area contributed by atoms with E-state index in [-0.39, 0.29) is 11.8 Å². The summed E-state index contributed by atoms with van der Waals surface area (Å²) in [5.41, 5.74) is 1.69. The van der Waals surface area contributed by atoms with E-state index < -0.39 is 5.97 Å². The van der Waals surface area contributed by atoms with Crippen LogP contribution in [0.25, 0.3) is 0 Å². The number of halogens is 2. The van der Waals surface area contributed by atoms with Crippen LogP contribution in [0, 0.1) is 0 Å². The minimum absolute atomic E-state index is 0.0264. The van der Waals surface area contributed by atoms with Gasteiger partial charge in [-0.3, -0.25) is 14.6 Å². The Morgan fingerprint density at radius 2 is 1.80 bits per heavy atom. The molecule has 3 rings (SSSR count). The third-order valence-electron chi connectivity index (χ3n) is 3.59. The molecule has 0 aromatic heterocycles. The fourth-order valence-electron chi connectivity index (χ4n) is 2.37. The maximum atomic E-state index is 11.7. The molecule has 1 unspecified atom stereocenters. The number of carbonyl (C=O) groups excluding carboxylic acids is 2. The molecule has 0 aliphatic carbocycles. The molecule has 0 bridgehead atoms. The summed E-state index contributed by atoms with van der Waals surface area (Å²) in [5, 5.41) is 2.82. The Labute approximate surface area is 160 Å². The zero-order valence-corrected chi connectivity index (χ0v) is 16.4. The molecular formula is C17H13Br2NO5. The van der Waals surface area contributed by atoms with E-state index in [1.807, 2.05) is 19.1 Å². The number of amides is 1. The van der Waals surface area contributed by atoms with Crippen molar-refractivity contribution in [2.45, 2.75) is 19.8 Å². The van der Waals surface area contributed by atoms with Crippen LogP contribution in [0.15, 0.2) is 39.3 Å². The number of nitrogens with one attached hydrogen (secondary N) is 1. The Morgan fingerprint density at radius 3 is 2.44 bits per heavy atom. The van der Waals surface area contributed by atoms with Gasteiger partial charge in [-0.15, -0.1) is 0 Å². The maximum Gasteiger partial charge on any atom is 0.352 e. The molecule has 1 N–H and O–H groups in total. The number of fused-ring (bicyclic) bond motifs is 1. The largest absolute Gasteiger partial charge is 0.455 e. The van der Waals surface area contributed by atoms with Crippen LogP contribution in [-0.4, -0.2) is 11.9 Å². The average Bonchev–Trinajstić information content (AvgIpc) is 2.83. The lowest BCUT2D eigenvalue weighted by atomic mass is 10.0. The summed E-state index contributed by atoms with van der Waals surface area (Å²) in [7, 11) is 0. The van der Waals surface area contributed by atoms with Crippen molar-refractivity contribution >= 4 is 49.4 Å². The van der Waals surface area contributed by atoms with Crippen LogP contribution in [0.5, 0.6) is 17.2 Å². The van der Waals surface area contributed by atoms with Crippen molar-refractivity contribution in [1.82, 2.24) is 0 Å². The molecule has 1 amide bonds. The van der Waals surface area contributed by atoms with Gasteiger partial charge in [-0.25, -0.2) is 4.79 Å². The molecular weight excluding hydrogens is 458 g/mol. The fourth-order valence-corrected chi connectivity index (χ4v) is 3.67. The highest BCUT2D eigenvalue weighted by molar-refractivity contribution is 9.11. The molecule has 130 valence electrons. The minimum Gasteiger partial charge on any atom is -0.455 e. The molecule has 25 heavy (non-hydrogen) atoms. The van der Waals surface area contributed by atoms with Crippen LogP contribution in [0.4, 0.5) is 5.69 Å². The molecule has 2 aromatic rings. The number of rotatable bonds is 4. The Balaban J connectivity index is 1.84. The van der Waals surface area contributed by atoms with E-state index >= 15 is 0 Å². The second-order valence-electron chi connectivity index (χ2n) is 5.44. The van der Waals surface area contributed by atoms with E-state index in [4.69, 9.17) is 9.62 Å². The second-order valence-corrected chi connectivity index (χ2v) is 7.15. The van der Waals surface area contributed by atoms with E-state index in [9.17, 15) is 9.59 Å². The predicted molar refractivity (Wildman–Crippen MR) is 97.8 cm³/mol. The lowest BCUT2D eigenvalue weighted by molar-refractivity contribution is -0.210. The van der Waals surface area contributed by atoms with Gasteiger partial charge in [-0.05, 0) is 62.5 Å². The van der Waals surface area contributed by atoms with Gasteiger partial charge in [-0.1, -0.05) is 0 Å². The van der Waals surface area contributed by atoms with Gasteiger partial charge in [-0.2, -0.15) is 0 Å². The smallest absolute Gasteiger partial charge is 0.352 e. The lowest BCUT2D eigenvalue weighted by Gasteiger charge is -2.13. The Morgan fingerprint density at radius 1 is 1.12 bits per heavy atom. The van der Waals surface area contributed by atoms with Gasteiger partial charge in [0.05, 0.1) is 14.9 Å². The fraction of sp³-hybridized carbons (Fsp3) is 0.176. The van der Waals surface area contributed by atoms with Gasteiger partial charge in [0.25, 0.3) is 0 Å². The third-order valence-corrected chi connectivity index (χ3v) is 4.77. The first kappa shape index (κ1) is 17.8. The molecule has 0 saturated carbocycles. The van der Waals surface area contributed by atoms with E-state index in [2.05, 4.69) is 42.1 Å². The molecule has 1 heterocycles. The third kappa shape index (κ3) is 3.80. The summed E-state index contributed by atoms with van der Waals surface area (Å²) in [4.78, 5) is 32.0. The molecule has 1 aliphatic rings. The van der Waals surface area contributed by atoms with Crippen LogP contribution >= 0.6 is 31.9 Å². The van der Waals surface area contributed by atoms with Crippen LogP contribution in [0.3, 0.4) is 0 Å².